The van der Waals surface area contributed by atoms with E-state index in [1.54, 1.807) is 18.3 Å². The molecule has 0 heterocycles. The molecular weight excluding hydrogens is 310 g/mol. The van der Waals surface area contributed by atoms with Crippen molar-refractivity contribution >= 4 is 22.8 Å². The smallest absolute Gasteiger partial charge is 0.187 e. The zero-order valence-corrected chi connectivity index (χ0v) is 13.5. The fraction of sp³-hybridized carbons (Fsp3) is 0. The average molecular weight is 327 g/mol. The van der Waals surface area contributed by atoms with Gasteiger partial charge in [0.15, 0.2) is 5.78 Å². The third-order valence-corrected chi connectivity index (χ3v) is 3.45. The molecule has 0 radical (unpaired) electrons. The van der Waals surface area contributed by atoms with Crippen molar-refractivity contribution in [3.05, 3.63) is 103 Å². The van der Waals surface area contributed by atoms with Gasteiger partial charge < -0.3 is 5.32 Å². The zero-order valence-electron chi connectivity index (χ0n) is 13.5. The van der Waals surface area contributed by atoms with Crippen LogP contribution >= 0.6 is 0 Å². The van der Waals surface area contributed by atoms with Gasteiger partial charge in [-0.3, -0.25) is 4.79 Å². The van der Waals surface area contributed by atoms with E-state index in [0.717, 1.165) is 17.1 Å². The fourth-order valence-corrected chi connectivity index (χ4v) is 2.15. The first-order valence-corrected chi connectivity index (χ1v) is 7.90. The fourth-order valence-electron chi connectivity index (χ4n) is 2.15. The molecule has 0 fully saturated rings. The summed E-state index contributed by atoms with van der Waals surface area (Å²) in [4.78, 5) is 12.0. The molecule has 3 aromatic rings. The van der Waals surface area contributed by atoms with Crippen LogP contribution in [0.4, 0.5) is 17.1 Å². The molecule has 0 bridgehead atoms. The number of carbonyl (C=O) groups excluding carboxylic acids is 1. The van der Waals surface area contributed by atoms with E-state index < -0.39 is 0 Å². The number of nitrogens with one attached hydrogen (secondary N) is 1. The van der Waals surface area contributed by atoms with Gasteiger partial charge in [-0.15, -0.1) is 0 Å². The normalized spacial score (nSPS) is 11.0. The van der Waals surface area contributed by atoms with Crippen LogP contribution in [0.15, 0.2) is 107 Å². The summed E-state index contributed by atoms with van der Waals surface area (Å²) < 4.78 is 0. The van der Waals surface area contributed by atoms with Crippen LogP contribution in [0.2, 0.25) is 0 Å². The number of ketones is 1. The molecule has 0 amide bonds. The number of hydrogen-bond acceptors (Lipinski definition) is 4. The highest BCUT2D eigenvalue weighted by molar-refractivity contribution is 6.04. The Bertz CT molecular complexity index is 870. The van der Waals surface area contributed by atoms with Crippen molar-refractivity contribution in [2.75, 3.05) is 5.32 Å². The topological polar surface area (TPSA) is 53.8 Å². The van der Waals surface area contributed by atoms with Crippen LogP contribution in [0.5, 0.6) is 0 Å². The maximum Gasteiger partial charge on any atom is 0.187 e. The van der Waals surface area contributed by atoms with E-state index >= 15 is 0 Å². The van der Waals surface area contributed by atoms with E-state index in [0.29, 0.717) is 5.56 Å². The highest BCUT2D eigenvalue weighted by atomic mass is 16.1. The average Bonchev–Trinajstić information content (AvgIpc) is 2.69. The molecule has 0 aliphatic heterocycles. The lowest BCUT2D eigenvalue weighted by molar-refractivity contribution is 0.104. The number of carbonyl (C=O) groups is 1. The Kier molecular flexibility index (Phi) is 5.46. The van der Waals surface area contributed by atoms with Gasteiger partial charge in [0.05, 0.1) is 11.4 Å². The number of nitrogens with zero attached hydrogens (tertiary/aromatic N) is 2. The summed E-state index contributed by atoms with van der Waals surface area (Å²) in [6.07, 6.45) is 3.15. The number of anilines is 1. The van der Waals surface area contributed by atoms with Crippen LogP contribution in [-0.2, 0) is 0 Å². The lowest BCUT2D eigenvalue weighted by atomic mass is 10.1. The Hall–Kier alpha value is -3.53. The van der Waals surface area contributed by atoms with Gasteiger partial charge in [0.25, 0.3) is 0 Å². The summed E-state index contributed by atoms with van der Waals surface area (Å²) in [6, 6.07) is 26.2. The lowest BCUT2D eigenvalue weighted by Gasteiger charge is -2.01. The molecule has 0 aliphatic carbocycles. The van der Waals surface area contributed by atoms with Crippen LogP contribution in [-0.4, -0.2) is 5.78 Å². The van der Waals surface area contributed by atoms with E-state index in [-0.39, 0.29) is 5.78 Å². The number of azo groups is 1. The molecule has 1 N–H and O–H groups in total. The summed E-state index contributed by atoms with van der Waals surface area (Å²) in [5, 5.41) is 11.4. The van der Waals surface area contributed by atoms with E-state index in [9.17, 15) is 4.79 Å². The summed E-state index contributed by atoms with van der Waals surface area (Å²) in [6.45, 7) is 0. The molecule has 0 saturated carbocycles. The number of hydrogen-bond donors (Lipinski definition) is 1. The second-order valence-electron chi connectivity index (χ2n) is 5.29. The first kappa shape index (κ1) is 16.3. The standard InChI is InChI=1S/C21H17N3O/c25-21(17-7-3-1-4-8-17)15-16-22-18-11-13-20(14-12-18)24-23-19-9-5-2-6-10-19/h1-16,22H/b16-15+,24-23?. The van der Waals surface area contributed by atoms with Gasteiger partial charge in [-0.25, -0.2) is 0 Å². The molecule has 4 heteroatoms. The minimum Gasteiger partial charge on any atom is -0.362 e. The van der Waals surface area contributed by atoms with Gasteiger partial charge in [-0.05, 0) is 36.4 Å². The van der Waals surface area contributed by atoms with Crippen LogP contribution in [0.25, 0.3) is 0 Å². The maximum atomic E-state index is 12.0. The van der Waals surface area contributed by atoms with Crippen LogP contribution in [0.3, 0.4) is 0 Å². The molecule has 122 valence electrons. The first-order chi connectivity index (χ1) is 12.3. The summed E-state index contributed by atoms with van der Waals surface area (Å²) in [5.74, 6) is -0.0404. The molecule has 25 heavy (non-hydrogen) atoms. The van der Waals surface area contributed by atoms with Crippen LogP contribution in [0.1, 0.15) is 10.4 Å². The second kappa shape index (κ2) is 8.36. The van der Waals surface area contributed by atoms with Crippen molar-refractivity contribution in [1.82, 2.24) is 0 Å². The summed E-state index contributed by atoms with van der Waals surface area (Å²) in [7, 11) is 0. The van der Waals surface area contributed by atoms with E-state index in [2.05, 4.69) is 15.5 Å². The van der Waals surface area contributed by atoms with Gasteiger partial charge in [0.2, 0.25) is 0 Å². The van der Waals surface area contributed by atoms with E-state index in [1.165, 1.54) is 6.08 Å². The quantitative estimate of drug-likeness (QED) is 0.347. The lowest BCUT2D eigenvalue weighted by Crippen LogP contribution is -1.95. The van der Waals surface area contributed by atoms with E-state index in [1.807, 2.05) is 72.8 Å². The Labute approximate surface area is 146 Å². The Morgan fingerprint density at radius 1 is 0.720 bits per heavy atom. The third kappa shape index (κ3) is 4.97. The minimum atomic E-state index is -0.0404. The monoisotopic (exact) mass is 327 g/mol. The van der Waals surface area contributed by atoms with Crippen LogP contribution < -0.4 is 5.32 Å². The number of rotatable bonds is 6. The molecule has 0 atom stereocenters. The number of allylic oxidation sites excluding steroid dienone is 1. The van der Waals surface area contributed by atoms with Gasteiger partial charge in [-0.1, -0.05) is 48.5 Å². The highest BCUT2D eigenvalue weighted by Gasteiger charge is 1.99. The van der Waals surface area contributed by atoms with Crippen molar-refractivity contribution in [2.24, 2.45) is 10.2 Å². The Morgan fingerprint density at radius 3 is 1.92 bits per heavy atom. The molecule has 3 aromatic carbocycles. The molecule has 0 saturated heterocycles. The molecule has 0 aromatic heterocycles. The molecule has 0 unspecified atom stereocenters. The predicted octanol–water partition coefficient (Wildman–Crippen LogP) is 5.91. The van der Waals surface area contributed by atoms with Crippen molar-refractivity contribution in [2.45, 2.75) is 0 Å². The van der Waals surface area contributed by atoms with Gasteiger partial charge in [0.1, 0.15) is 0 Å². The second-order valence-corrected chi connectivity index (χ2v) is 5.29. The molecular formula is C21H17N3O. The molecule has 4 nitrogen and oxygen atoms in total. The summed E-state index contributed by atoms with van der Waals surface area (Å²) in [5.41, 5.74) is 3.11. The van der Waals surface area contributed by atoms with Crippen molar-refractivity contribution in [3.63, 3.8) is 0 Å². The van der Waals surface area contributed by atoms with Crippen molar-refractivity contribution in [1.29, 1.82) is 0 Å². The zero-order chi connectivity index (χ0) is 17.3. The SMILES string of the molecule is O=C(/C=C/Nc1ccc(N=Nc2ccccc2)cc1)c1ccccc1. The van der Waals surface area contributed by atoms with Crippen molar-refractivity contribution in [3.8, 4) is 0 Å². The number of benzene rings is 3. The summed E-state index contributed by atoms with van der Waals surface area (Å²) >= 11 is 0. The Morgan fingerprint density at radius 2 is 1.28 bits per heavy atom. The van der Waals surface area contributed by atoms with E-state index in [4.69, 9.17) is 0 Å². The minimum absolute atomic E-state index is 0.0404. The Balaban J connectivity index is 1.57. The van der Waals surface area contributed by atoms with Crippen LogP contribution in [0, 0.1) is 0 Å². The maximum absolute atomic E-state index is 12.0. The van der Waals surface area contributed by atoms with Gasteiger partial charge >= 0.3 is 0 Å². The first-order valence-electron chi connectivity index (χ1n) is 7.90. The largest absolute Gasteiger partial charge is 0.362 e. The highest BCUT2D eigenvalue weighted by Crippen LogP contribution is 2.20. The molecule has 0 spiro atoms. The predicted molar refractivity (Wildman–Crippen MR) is 101 cm³/mol. The molecule has 3 rings (SSSR count). The van der Waals surface area contributed by atoms with Gasteiger partial charge in [0, 0.05) is 23.5 Å². The molecule has 0 aliphatic rings. The van der Waals surface area contributed by atoms with Crippen molar-refractivity contribution < 1.29 is 4.79 Å². The van der Waals surface area contributed by atoms with Gasteiger partial charge in [-0.2, -0.15) is 10.2 Å². The third-order valence-electron chi connectivity index (χ3n) is 3.45.